The van der Waals surface area contributed by atoms with Crippen LogP contribution >= 0.6 is 0 Å². The van der Waals surface area contributed by atoms with Crippen molar-refractivity contribution in [1.29, 1.82) is 0 Å². The number of hydrogen-bond acceptors (Lipinski definition) is 9. The van der Waals surface area contributed by atoms with Crippen molar-refractivity contribution in [3.63, 3.8) is 0 Å². The van der Waals surface area contributed by atoms with Crippen molar-refractivity contribution in [2.24, 2.45) is 0 Å². The van der Waals surface area contributed by atoms with Crippen LogP contribution in [-0.4, -0.2) is 63.8 Å². The van der Waals surface area contributed by atoms with Crippen LogP contribution in [0.5, 0.6) is 0 Å². The Morgan fingerprint density at radius 3 is 2.33 bits per heavy atom. The normalized spacial score (nSPS) is 31.6. The van der Waals surface area contributed by atoms with Gasteiger partial charge in [0.25, 0.3) is 19.4 Å². The lowest BCUT2D eigenvalue weighted by Gasteiger charge is -2.43. The second-order valence-electron chi connectivity index (χ2n) is 4.00. The number of hydrogen-bond donors (Lipinski definition) is 1. The lowest BCUT2D eigenvalue weighted by molar-refractivity contribution is -0.266. The Morgan fingerprint density at radius 1 is 1.14 bits per heavy atom. The maximum atomic E-state index is 10.7. The van der Waals surface area contributed by atoms with Gasteiger partial charge in [0.1, 0.15) is 18.8 Å². The van der Waals surface area contributed by atoms with Crippen molar-refractivity contribution < 1.29 is 38.1 Å². The molecule has 1 heterocycles. The van der Waals surface area contributed by atoms with Crippen LogP contribution in [0.25, 0.3) is 0 Å². The van der Waals surface area contributed by atoms with Gasteiger partial charge in [-0.2, -0.15) is 0 Å². The van der Waals surface area contributed by atoms with Crippen molar-refractivity contribution >= 4 is 19.4 Å². The summed E-state index contributed by atoms with van der Waals surface area (Å²) >= 11 is 0. The molecule has 1 N–H and O–H groups in total. The smallest absolute Gasteiger partial charge is 0.293 e. The molecule has 0 aromatic carbocycles. The lowest BCUT2D eigenvalue weighted by atomic mass is 9.96. The van der Waals surface area contributed by atoms with E-state index in [-0.39, 0.29) is 26.0 Å². The molecule has 9 nitrogen and oxygen atoms in total. The number of methoxy groups -OCH3 is 1. The van der Waals surface area contributed by atoms with Crippen molar-refractivity contribution in [2.75, 3.05) is 13.7 Å². The third kappa shape index (κ3) is 4.17. The van der Waals surface area contributed by atoms with Gasteiger partial charge in [-0.1, -0.05) is 6.58 Å². The van der Waals surface area contributed by atoms with Crippen LogP contribution in [0.2, 0.25) is 0 Å². The predicted octanol–water partition coefficient (Wildman–Crippen LogP) is -1.28. The van der Waals surface area contributed by atoms with Crippen LogP contribution in [0, 0.1) is 0 Å². The molecule has 0 saturated carbocycles. The highest BCUT2D eigenvalue weighted by Crippen LogP contribution is 2.26. The lowest BCUT2D eigenvalue weighted by Crippen LogP contribution is -2.64. The van der Waals surface area contributed by atoms with E-state index in [1.165, 1.54) is 13.3 Å². The average Bonchev–Trinajstić information content (AvgIpc) is 2.49. The van der Waals surface area contributed by atoms with Gasteiger partial charge in [-0.25, -0.2) is 0 Å². The van der Waals surface area contributed by atoms with Crippen LogP contribution in [0.1, 0.15) is 0 Å². The molecule has 1 saturated heterocycles. The Hall–Kier alpha value is -2.13. The van der Waals surface area contributed by atoms with Crippen LogP contribution in [0.4, 0.5) is 0 Å². The number of nitrogens with one attached hydrogen (secondary N) is 1. The fourth-order valence-electron chi connectivity index (χ4n) is 2.14. The molecule has 118 valence electrons. The summed E-state index contributed by atoms with van der Waals surface area (Å²) in [4.78, 5) is 31.7. The molecule has 0 aliphatic carbocycles. The number of carbonyl (C=O) groups excluding carboxylic acids is 3. The molecule has 0 radical (unpaired) electrons. The zero-order chi connectivity index (χ0) is 15.7. The fourth-order valence-corrected chi connectivity index (χ4v) is 2.14. The number of carbonyl (C=O) groups is 3. The molecule has 0 aromatic rings. The van der Waals surface area contributed by atoms with E-state index in [0.717, 1.165) is 0 Å². The van der Waals surface area contributed by atoms with Crippen LogP contribution in [-0.2, 0) is 38.1 Å². The molecule has 5 atom stereocenters. The van der Waals surface area contributed by atoms with Gasteiger partial charge in [-0.3, -0.25) is 14.4 Å². The quantitative estimate of drug-likeness (QED) is 0.389. The summed E-state index contributed by atoms with van der Waals surface area (Å²) in [6.07, 6.45) is -2.21. The molecule has 1 fully saturated rings. The molecule has 1 aliphatic heterocycles. The van der Waals surface area contributed by atoms with Crippen molar-refractivity contribution in [3.05, 3.63) is 12.8 Å². The van der Waals surface area contributed by atoms with Gasteiger partial charge in [0, 0.05) is 7.11 Å². The van der Waals surface area contributed by atoms with E-state index in [2.05, 4.69) is 16.6 Å². The second-order valence-corrected chi connectivity index (χ2v) is 4.00. The molecule has 1 unspecified atom stereocenters. The highest BCUT2D eigenvalue weighted by molar-refractivity contribution is 5.40. The Kier molecular flexibility index (Phi) is 7.19. The van der Waals surface area contributed by atoms with Gasteiger partial charge in [-0.15, -0.1) is 0 Å². The largest absolute Gasteiger partial charge is 0.465 e. The van der Waals surface area contributed by atoms with Gasteiger partial charge in [-0.05, 0) is 6.20 Å². The van der Waals surface area contributed by atoms with Gasteiger partial charge in [0.05, 0.1) is 0 Å². The van der Waals surface area contributed by atoms with Crippen LogP contribution in [0.3, 0.4) is 0 Å². The molecule has 0 bridgehead atoms. The Balaban J connectivity index is 3.01. The fraction of sp³-hybridized carbons (Fsp3) is 0.583. The summed E-state index contributed by atoms with van der Waals surface area (Å²) in [6, 6.07) is -0.657. The summed E-state index contributed by atoms with van der Waals surface area (Å²) in [5.74, 6) is 0. The first-order valence-corrected chi connectivity index (χ1v) is 6.02. The minimum Gasteiger partial charge on any atom is -0.465 e. The zero-order valence-electron chi connectivity index (χ0n) is 11.4. The van der Waals surface area contributed by atoms with E-state index in [9.17, 15) is 14.4 Å². The average molecular weight is 303 g/mol. The highest BCUT2D eigenvalue weighted by Gasteiger charge is 2.49. The summed E-state index contributed by atoms with van der Waals surface area (Å²) in [6.45, 7) is 3.96. The molecule has 0 aromatic heterocycles. The Labute approximate surface area is 121 Å². The first-order valence-electron chi connectivity index (χ1n) is 6.02. The second kappa shape index (κ2) is 8.93. The Bertz CT molecular complexity index is 363. The van der Waals surface area contributed by atoms with E-state index in [1.807, 2.05) is 0 Å². The monoisotopic (exact) mass is 303 g/mol. The molecule has 1 aliphatic rings. The van der Waals surface area contributed by atoms with E-state index in [0.29, 0.717) is 0 Å². The minimum absolute atomic E-state index is 0.193. The zero-order valence-corrected chi connectivity index (χ0v) is 11.4. The van der Waals surface area contributed by atoms with Crippen molar-refractivity contribution in [2.45, 2.75) is 30.6 Å². The SMILES string of the molecule is C=CN[C@@H]1C(OC)O[C@H](COC=O)[C@@H](OC=O)[C@@H]1OC=O. The minimum atomic E-state index is -0.975. The predicted molar refractivity (Wildman–Crippen MR) is 66.7 cm³/mol. The maximum absolute atomic E-state index is 10.7. The van der Waals surface area contributed by atoms with Gasteiger partial charge in [0.2, 0.25) is 0 Å². The third-order valence-electron chi connectivity index (χ3n) is 2.94. The molecule has 1 rings (SSSR count). The molecule has 0 amide bonds. The topological polar surface area (TPSA) is 109 Å². The summed E-state index contributed by atoms with van der Waals surface area (Å²) in [5.41, 5.74) is 0. The maximum Gasteiger partial charge on any atom is 0.293 e. The van der Waals surface area contributed by atoms with Crippen LogP contribution < -0.4 is 5.32 Å². The van der Waals surface area contributed by atoms with Crippen molar-refractivity contribution in [3.8, 4) is 0 Å². The van der Waals surface area contributed by atoms with Crippen LogP contribution in [0.15, 0.2) is 12.8 Å². The molecule has 9 heteroatoms. The number of ether oxygens (including phenoxy) is 5. The standard InChI is InChI=1S/C12H17NO8/c1-3-13-9-11(20-7-16)10(19-6-15)8(4-18-5-14)21-12(9)17-2/h3,5-13H,1,4H2,2H3/t8-,9+,10-,11-,12?/m1/s1. The number of rotatable bonds is 10. The first kappa shape index (κ1) is 16.9. The van der Waals surface area contributed by atoms with E-state index < -0.39 is 30.6 Å². The van der Waals surface area contributed by atoms with Crippen molar-refractivity contribution in [1.82, 2.24) is 5.32 Å². The Morgan fingerprint density at radius 2 is 1.81 bits per heavy atom. The van der Waals surface area contributed by atoms with E-state index >= 15 is 0 Å². The van der Waals surface area contributed by atoms with Gasteiger partial charge in [0.15, 0.2) is 18.5 Å². The third-order valence-corrected chi connectivity index (χ3v) is 2.94. The summed E-state index contributed by atoms with van der Waals surface area (Å²) in [7, 11) is 1.39. The molecular weight excluding hydrogens is 286 g/mol. The van der Waals surface area contributed by atoms with E-state index in [4.69, 9.17) is 18.9 Å². The summed E-state index contributed by atoms with van der Waals surface area (Å²) in [5, 5.41) is 2.81. The van der Waals surface area contributed by atoms with E-state index in [1.54, 1.807) is 0 Å². The first-order chi connectivity index (χ1) is 10.2. The van der Waals surface area contributed by atoms with Gasteiger partial charge >= 0.3 is 0 Å². The molecule has 21 heavy (non-hydrogen) atoms. The molecule has 0 spiro atoms. The highest BCUT2D eigenvalue weighted by atomic mass is 16.7. The summed E-state index contributed by atoms with van der Waals surface area (Å²) < 4.78 is 25.2. The molecular formula is C12H17NO8. The van der Waals surface area contributed by atoms with Gasteiger partial charge < -0.3 is 29.0 Å².